The van der Waals surface area contributed by atoms with E-state index >= 15 is 0 Å². The number of unbranched alkanes of at least 4 members (excludes halogenated alkanes) is 5. The van der Waals surface area contributed by atoms with Gasteiger partial charge >= 0.3 is 12.0 Å². The molecule has 0 saturated carbocycles. The van der Waals surface area contributed by atoms with Crippen molar-refractivity contribution >= 4 is 12.0 Å². The van der Waals surface area contributed by atoms with Crippen LogP contribution in [0.1, 0.15) is 65.7 Å². The van der Waals surface area contributed by atoms with E-state index in [9.17, 15) is 9.59 Å². The number of urea groups is 1. The summed E-state index contributed by atoms with van der Waals surface area (Å²) in [5, 5.41) is 5.48. The Morgan fingerprint density at radius 3 is 2.48 bits per heavy atom. The molecule has 120 valence electrons. The molecule has 0 fully saturated rings. The zero-order valence-corrected chi connectivity index (χ0v) is 13.5. The van der Waals surface area contributed by atoms with Crippen LogP contribution in [-0.4, -0.2) is 24.6 Å². The lowest BCUT2D eigenvalue weighted by Crippen LogP contribution is -2.49. The van der Waals surface area contributed by atoms with Crippen LogP contribution in [0.5, 0.6) is 0 Å². The molecule has 5 heteroatoms. The van der Waals surface area contributed by atoms with Gasteiger partial charge in [-0.15, -0.1) is 0 Å². The minimum absolute atomic E-state index is 0.232. The lowest BCUT2D eigenvalue weighted by atomic mass is 9.97. The Kier molecular flexibility index (Phi) is 7.87. The summed E-state index contributed by atoms with van der Waals surface area (Å²) in [7, 11) is 0. The average molecular weight is 296 g/mol. The van der Waals surface area contributed by atoms with Crippen LogP contribution in [0.25, 0.3) is 0 Å². The zero-order chi connectivity index (χ0) is 15.7. The van der Waals surface area contributed by atoms with Crippen LogP contribution < -0.4 is 10.6 Å². The first-order valence-corrected chi connectivity index (χ1v) is 8.05. The molecule has 0 aliphatic carbocycles. The third-order valence-electron chi connectivity index (χ3n) is 3.70. The minimum atomic E-state index is -0.335. The van der Waals surface area contributed by atoms with Gasteiger partial charge in [-0.05, 0) is 20.3 Å². The zero-order valence-electron chi connectivity index (χ0n) is 13.5. The lowest BCUT2D eigenvalue weighted by Gasteiger charge is -2.27. The maximum Gasteiger partial charge on any atom is 0.337 e. The lowest BCUT2D eigenvalue weighted by molar-refractivity contribution is -0.139. The fraction of sp³-hybridized carbons (Fsp3) is 0.750. The summed E-state index contributed by atoms with van der Waals surface area (Å²) in [5.74, 6) is -0.335. The molecule has 1 unspecified atom stereocenters. The minimum Gasteiger partial charge on any atom is -0.463 e. The summed E-state index contributed by atoms with van der Waals surface area (Å²) in [6.45, 7) is 6.07. The van der Waals surface area contributed by atoms with Crippen molar-refractivity contribution in [2.75, 3.05) is 6.61 Å². The third kappa shape index (κ3) is 5.78. The van der Waals surface area contributed by atoms with Gasteiger partial charge in [0.05, 0.1) is 18.2 Å². The molecule has 5 nitrogen and oxygen atoms in total. The predicted molar refractivity (Wildman–Crippen MR) is 82.8 cm³/mol. The number of nitrogens with one attached hydrogen (secondary N) is 2. The molecule has 0 aromatic heterocycles. The number of hydrogen-bond acceptors (Lipinski definition) is 3. The third-order valence-corrected chi connectivity index (χ3v) is 3.70. The van der Waals surface area contributed by atoms with Gasteiger partial charge in [-0.25, -0.2) is 9.59 Å². The number of ether oxygens (including phenoxy) is 1. The molecule has 2 N–H and O–H groups in total. The van der Waals surface area contributed by atoms with E-state index in [1.165, 1.54) is 25.7 Å². The predicted octanol–water partition coefficient (Wildman–Crippen LogP) is 3.26. The average Bonchev–Trinajstić information content (AvgIpc) is 2.42. The van der Waals surface area contributed by atoms with E-state index in [2.05, 4.69) is 17.6 Å². The molecular formula is C16H28N2O3. The van der Waals surface area contributed by atoms with E-state index in [0.29, 0.717) is 17.9 Å². The SMILES string of the molecule is CCCCCCCCC1NC(=O)NC(C)=C1C(=O)OCC. The molecule has 0 spiro atoms. The first-order chi connectivity index (χ1) is 10.1. The van der Waals surface area contributed by atoms with E-state index in [-0.39, 0.29) is 18.0 Å². The molecule has 21 heavy (non-hydrogen) atoms. The molecule has 0 saturated heterocycles. The van der Waals surface area contributed by atoms with Crippen molar-refractivity contribution in [3.05, 3.63) is 11.3 Å². The van der Waals surface area contributed by atoms with Gasteiger partial charge in [0, 0.05) is 5.70 Å². The van der Waals surface area contributed by atoms with Gasteiger partial charge in [0.15, 0.2) is 0 Å². The van der Waals surface area contributed by atoms with Gasteiger partial charge in [-0.2, -0.15) is 0 Å². The van der Waals surface area contributed by atoms with Crippen molar-refractivity contribution < 1.29 is 14.3 Å². The maximum absolute atomic E-state index is 12.0. The van der Waals surface area contributed by atoms with Crippen LogP contribution >= 0.6 is 0 Å². The largest absolute Gasteiger partial charge is 0.463 e. The molecule has 2 amide bonds. The normalized spacial score (nSPS) is 18.2. The summed E-state index contributed by atoms with van der Waals surface area (Å²) >= 11 is 0. The summed E-state index contributed by atoms with van der Waals surface area (Å²) in [6.07, 6.45) is 7.90. The Morgan fingerprint density at radius 1 is 1.14 bits per heavy atom. The summed E-state index contributed by atoms with van der Waals surface area (Å²) < 4.78 is 5.09. The van der Waals surface area contributed by atoms with E-state index < -0.39 is 0 Å². The monoisotopic (exact) mass is 296 g/mol. The standard InChI is InChI=1S/C16H28N2O3/c1-4-6-7-8-9-10-11-13-14(15(19)21-5-2)12(3)17-16(20)18-13/h13H,4-11H2,1-3H3,(H2,17,18,20). The molecule has 0 aromatic rings. The van der Waals surface area contributed by atoms with Gasteiger partial charge in [-0.1, -0.05) is 45.4 Å². The Balaban J connectivity index is 2.53. The molecule has 0 bridgehead atoms. The molecule has 1 heterocycles. The molecule has 0 radical (unpaired) electrons. The Morgan fingerprint density at radius 2 is 1.81 bits per heavy atom. The maximum atomic E-state index is 12.0. The number of carbonyl (C=O) groups excluding carboxylic acids is 2. The number of carbonyl (C=O) groups is 2. The first kappa shape index (κ1) is 17.5. The second-order valence-electron chi connectivity index (χ2n) is 5.47. The smallest absolute Gasteiger partial charge is 0.337 e. The molecule has 1 aliphatic rings. The highest BCUT2D eigenvalue weighted by atomic mass is 16.5. The Labute approximate surface area is 127 Å². The van der Waals surface area contributed by atoms with Crippen molar-refractivity contribution in [1.29, 1.82) is 0 Å². The van der Waals surface area contributed by atoms with Crippen LogP contribution in [0, 0.1) is 0 Å². The van der Waals surface area contributed by atoms with Crippen molar-refractivity contribution in [3.63, 3.8) is 0 Å². The van der Waals surface area contributed by atoms with Gasteiger partial charge < -0.3 is 15.4 Å². The van der Waals surface area contributed by atoms with Crippen LogP contribution in [0.2, 0.25) is 0 Å². The fourth-order valence-corrected chi connectivity index (χ4v) is 2.61. The van der Waals surface area contributed by atoms with Crippen molar-refractivity contribution in [2.24, 2.45) is 0 Å². The highest BCUT2D eigenvalue weighted by Crippen LogP contribution is 2.19. The molecular weight excluding hydrogens is 268 g/mol. The number of allylic oxidation sites excluding steroid dienone is 1. The Hall–Kier alpha value is -1.52. The number of esters is 1. The van der Waals surface area contributed by atoms with Crippen LogP contribution in [0.3, 0.4) is 0 Å². The van der Waals surface area contributed by atoms with E-state index in [4.69, 9.17) is 4.74 Å². The summed E-state index contributed by atoms with van der Waals surface area (Å²) in [6, 6.07) is -0.472. The van der Waals surface area contributed by atoms with Crippen LogP contribution in [0.4, 0.5) is 4.79 Å². The van der Waals surface area contributed by atoms with Crippen molar-refractivity contribution in [1.82, 2.24) is 10.6 Å². The van der Waals surface area contributed by atoms with Gasteiger partial charge in [0.2, 0.25) is 0 Å². The number of rotatable bonds is 9. The fourth-order valence-electron chi connectivity index (χ4n) is 2.61. The van der Waals surface area contributed by atoms with Gasteiger partial charge in [0.25, 0.3) is 0 Å². The summed E-state index contributed by atoms with van der Waals surface area (Å²) in [4.78, 5) is 23.6. The number of amides is 2. The topological polar surface area (TPSA) is 67.4 Å². The van der Waals surface area contributed by atoms with E-state index in [1.54, 1.807) is 13.8 Å². The first-order valence-electron chi connectivity index (χ1n) is 8.05. The highest BCUT2D eigenvalue weighted by Gasteiger charge is 2.30. The van der Waals surface area contributed by atoms with Crippen LogP contribution in [0.15, 0.2) is 11.3 Å². The van der Waals surface area contributed by atoms with Crippen LogP contribution in [-0.2, 0) is 9.53 Å². The van der Waals surface area contributed by atoms with Crippen molar-refractivity contribution in [3.8, 4) is 0 Å². The molecule has 1 atom stereocenters. The van der Waals surface area contributed by atoms with E-state index in [0.717, 1.165) is 19.3 Å². The summed E-state index contributed by atoms with van der Waals surface area (Å²) in [5.41, 5.74) is 1.16. The number of hydrogen-bond donors (Lipinski definition) is 2. The second-order valence-corrected chi connectivity index (χ2v) is 5.47. The van der Waals surface area contributed by atoms with Gasteiger partial charge in [0.1, 0.15) is 0 Å². The highest BCUT2D eigenvalue weighted by molar-refractivity contribution is 5.94. The molecule has 1 rings (SSSR count). The molecule has 0 aromatic carbocycles. The Bertz CT molecular complexity index is 391. The van der Waals surface area contributed by atoms with Gasteiger partial charge in [-0.3, -0.25) is 0 Å². The van der Waals surface area contributed by atoms with E-state index in [1.807, 2.05) is 0 Å². The van der Waals surface area contributed by atoms with Crippen molar-refractivity contribution in [2.45, 2.75) is 71.8 Å². The second kappa shape index (κ2) is 9.42. The molecule has 1 aliphatic heterocycles. The quantitative estimate of drug-likeness (QED) is 0.507.